The molecule has 0 radical (unpaired) electrons. The van der Waals surface area contributed by atoms with Crippen LogP contribution in [0.3, 0.4) is 0 Å². The van der Waals surface area contributed by atoms with E-state index in [0.717, 1.165) is 38.2 Å². The van der Waals surface area contributed by atoms with Crippen LogP contribution in [0.2, 0.25) is 0 Å². The van der Waals surface area contributed by atoms with Crippen LogP contribution in [0.1, 0.15) is 12.0 Å². The van der Waals surface area contributed by atoms with E-state index in [-0.39, 0.29) is 12.1 Å². The Bertz CT molecular complexity index is 531. The maximum absolute atomic E-state index is 12.3. The van der Waals surface area contributed by atoms with E-state index in [2.05, 4.69) is 10.2 Å². The van der Waals surface area contributed by atoms with Crippen molar-refractivity contribution in [3.05, 3.63) is 35.9 Å². The standard InChI is InChI=1S/C17H25N3O3/c1-23-10-9-19-8-7-15(11-19)18-16(21)20-12-17(22,13-20)14-5-3-2-4-6-14/h2-6,15,22H,7-13H2,1H3,(H,18,21). The van der Waals surface area contributed by atoms with Crippen molar-refractivity contribution < 1.29 is 14.6 Å². The van der Waals surface area contributed by atoms with Gasteiger partial charge in [-0.05, 0) is 12.0 Å². The number of ether oxygens (including phenoxy) is 1. The zero-order valence-electron chi connectivity index (χ0n) is 13.6. The van der Waals surface area contributed by atoms with Crippen molar-refractivity contribution in [1.29, 1.82) is 0 Å². The zero-order valence-corrected chi connectivity index (χ0v) is 13.6. The highest BCUT2D eigenvalue weighted by molar-refractivity contribution is 5.76. The van der Waals surface area contributed by atoms with Crippen LogP contribution in [-0.4, -0.2) is 73.4 Å². The zero-order chi connectivity index (χ0) is 16.3. The fourth-order valence-corrected chi connectivity index (χ4v) is 3.30. The van der Waals surface area contributed by atoms with Gasteiger partial charge in [0, 0.05) is 32.8 Å². The fourth-order valence-electron chi connectivity index (χ4n) is 3.30. The summed E-state index contributed by atoms with van der Waals surface area (Å²) < 4.78 is 5.08. The predicted molar refractivity (Wildman–Crippen MR) is 87.2 cm³/mol. The number of rotatable bonds is 5. The lowest BCUT2D eigenvalue weighted by Gasteiger charge is -2.46. The molecule has 23 heavy (non-hydrogen) atoms. The van der Waals surface area contributed by atoms with Gasteiger partial charge in [-0.2, -0.15) is 0 Å². The molecule has 2 aliphatic rings. The van der Waals surface area contributed by atoms with Crippen LogP contribution in [0.25, 0.3) is 0 Å². The van der Waals surface area contributed by atoms with Crippen LogP contribution in [0.15, 0.2) is 30.3 Å². The van der Waals surface area contributed by atoms with Crippen LogP contribution >= 0.6 is 0 Å². The highest BCUT2D eigenvalue weighted by atomic mass is 16.5. The molecule has 0 spiro atoms. The smallest absolute Gasteiger partial charge is 0.317 e. The minimum atomic E-state index is -0.904. The number of nitrogens with zero attached hydrogens (tertiary/aromatic N) is 2. The van der Waals surface area contributed by atoms with E-state index in [0.29, 0.717) is 13.1 Å². The summed E-state index contributed by atoms with van der Waals surface area (Å²) in [5.74, 6) is 0. The highest BCUT2D eigenvalue weighted by Crippen LogP contribution is 2.31. The fraction of sp³-hybridized carbons (Fsp3) is 0.588. The second kappa shape index (κ2) is 6.86. The topological polar surface area (TPSA) is 65.0 Å². The molecule has 0 aliphatic carbocycles. The van der Waals surface area contributed by atoms with Crippen molar-refractivity contribution in [3.63, 3.8) is 0 Å². The van der Waals surface area contributed by atoms with Gasteiger partial charge in [-0.3, -0.25) is 4.90 Å². The Morgan fingerprint density at radius 3 is 2.83 bits per heavy atom. The van der Waals surface area contributed by atoms with Crippen molar-refractivity contribution in [1.82, 2.24) is 15.1 Å². The molecule has 6 nitrogen and oxygen atoms in total. The Morgan fingerprint density at radius 1 is 1.39 bits per heavy atom. The average molecular weight is 319 g/mol. The Balaban J connectivity index is 1.45. The summed E-state index contributed by atoms with van der Waals surface area (Å²) in [6, 6.07) is 9.64. The Hall–Kier alpha value is -1.63. The van der Waals surface area contributed by atoms with Gasteiger partial charge in [-0.15, -0.1) is 0 Å². The largest absolute Gasteiger partial charge is 0.383 e. The number of amides is 2. The molecule has 0 bridgehead atoms. The molecule has 2 amide bonds. The first-order chi connectivity index (χ1) is 11.1. The number of β-amino-alcohol motifs (C(OH)–C–C–N with tert-alkyl or cyclic N) is 1. The van der Waals surface area contributed by atoms with Crippen LogP contribution in [0.4, 0.5) is 4.79 Å². The minimum Gasteiger partial charge on any atom is -0.383 e. The van der Waals surface area contributed by atoms with E-state index in [1.165, 1.54) is 0 Å². The molecule has 1 atom stereocenters. The van der Waals surface area contributed by atoms with E-state index in [4.69, 9.17) is 4.74 Å². The van der Waals surface area contributed by atoms with Crippen LogP contribution in [0.5, 0.6) is 0 Å². The summed E-state index contributed by atoms with van der Waals surface area (Å²) in [4.78, 5) is 16.2. The summed E-state index contributed by atoms with van der Waals surface area (Å²) in [7, 11) is 1.70. The van der Waals surface area contributed by atoms with Crippen LogP contribution < -0.4 is 5.32 Å². The molecule has 2 aliphatic heterocycles. The summed E-state index contributed by atoms with van der Waals surface area (Å²) in [5, 5.41) is 13.6. The van der Waals surface area contributed by atoms with Gasteiger partial charge < -0.3 is 20.1 Å². The molecular weight excluding hydrogens is 294 g/mol. The molecule has 3 rings (SSSR count). The van der Waals surface area contributed by atoms with Crippen LogP contribution in [-0.2, 0) is 10.3 Å². The molecule has 1 unspecified atom stereocenters. The first-order valence-corrected chi connectivity index (χ1v) is 8.15. The van der Waals surface area contributed by atoms with E-state index >= 15 is 0 Å². The van der Waals surface area contributed by atoms with Crippen molar-refractivity contribution in [2.45, 2.75) is 18.1 Å². The van der Waals surface area contributed by atoms with E-state index in [1.807, 2.05) is 30.3 Å². The molecule has 2 fully saturated rings. The van der Waals surface area contributed by atoms with Gasteiger partial charge in [0.25, 0.3) is 0 Å². The van der Waals surface area contributed by atoms with Crippen molar-refractivity contribution >= 4 is 6.03 Å². The number of hydrogen-bond acceptors (Lipinski definition) is 4. The van der Waals surface area contributed by atoms with Crippen LogP contribution in [0, 0.1) is 0 Å². The quantitative estimate of drug-likeness (QED) is 0.835. The SMILES string of the molecule is COCCN1CCC(NC(=O)N2CC(O)(c3ccccc3)C2)C1. The summed E-state index contributed by atoms with van der Waals surface area (Å²) in [6.45, 7) is 4.18. The summed E-state index contributed by atoms with van der Waals surface area (Å²) in [5.41, 5.74) is -0.0330. The molecule has 2 heterocycles. The van der Waals surface area contributed by atoms with Gasteiger partial charge in [0.1, 0.15) is 5.60 Å². The number of nitrogens with one attached hydrogen (secondary N) is 1. The van der Waals surface area contributed by atoms with Gasteiger partial charge in [0.05, 0.1) is 19.7 Å². The molecule has 2 N–H and O–H groups in total. The third kappa shape index (κ3) is 3.65. The van der Waals surface area contributed by atoms with Gasteiger partial charge in [-0.25, -0.2) is 4.79 Å². The predicted octanol–water partition coefficient (Wildman–Crippen LogP) is 0.620. The molecule has 6 heteroatoms. The van der Waals surface area contributed by atoms with Gasteiger partial charge in [-0.1, -0.05) is 30.3 Å². The first kappa shape index (κ1) is 16.2. The average Bonchev–Trinajstić information content (AvgIpc) is 2.98. The Kier molecular flexibility index (Phi) is 4.84. The van der Waals surface area contributed by atoms with E-state index < -0.39 is 5.60 Å². The maximum atomic E-state index is 12.3. The number of aliphatic hydroxyl groups is 1. The highest BCUT2D eigenvalue weighted by Gasteiger charge is 2.45. The molecule has 0 aromatic heterocycles. The number of carbonyl (C=O) groups excluding carboxylic acids is 1. The summed E-state index contributed by atoms with van der Waals surface area (Å²) >= 11 is 0. The number of likely N-dealkylation sites (tertiary alicyclic amines) is 2. The number of benzene rings is 1. The molecule has 1 aromatic rings. The third-order valence-electron chi connectivity index (χ3n) is 4.71. The number of hydrogen-bond donors (Lipinski definition) is 2. The van der Waals surface area contributed by atoms with Gasteiger partial charge >= 0.3 is 6.03 Å². The molecular formula is C17H25N3O3. The number of carbonyl (C=O) groups is 1. The number of urea groups is 1. The lowest BCUT2D eigenvalue weighted by Crippen LogP contribution is -2.64. The molecule has 1 aromatic carbocycles. The molecule has 126 valence electrons. The van der Waals surface area contributed by atoms with Crippen molar-refractivity contribution in [3.8, 4) is 0 Å². The second-order valence-corrected chi connectivity index (χ2v) is 6.48. The summed E-state index contributed by atoms with van der Waals surface area (Å²) in [6.07, 6.45) is 0.965. The first-order valence-electron chi connectivity index (χ1n) is 8.15. The lowest BCUT2D eigenvalue weighted by molar-refractivity contribution is -0.0819. The molecule has 0 saturated carbocycles. The van der Waals surface area contributed by atoms with Gasteiger partial charge in [0.15, 0.2) is 0 Å². The van der Waals surface area contributed by atoms with E-state index in [9.17, 15) is 9.90 Å². The third-order valence-corrected chi connectivity index (χ3v) is 4.71. The minimum absolute atomic E-state index is 0.0794. The maximum Gasteiger partial charge on any atom is 0.317 e. The number of methoxy groups -OCH3 is 1. The Morgan fingerprint density at radius 2 is 2.13 bits per heavy atom. The normalized spacial score (nSPS) is 23.6. The Labute approximate surface area is 137 Å². The second-order valence-electron chi connectivity index (χ2n) is 6.48. The lowest BCUT2D eigenvalue weighted by atomic mass is 9.86. The van der Waals surface area contributed by atoms with E-state index in [1.54, 1.807) is 12.0 Å². The molecule has 2 saturated heterocycles. The monoisotopic (exact) mass is 319 g/mol. The van der Waals surface area contributed by atoms with Gasteiger partial charge in [0.2, 0.25) is 0 Å². The van der Waals surface area contributed by atoms with Crippen molar-refractivity contribution in [2.24, 2.45) is 0 Å². The van der Waals surface area contributed by atoms with Crippen molar-refractivity contribution in [2.75, 3.05) is 46.4 Å².